The number of carbonyl (C=O) groups excluding carboxylic acids is 1. The Morgan fingerprint density at radius 3 is 2.87 bits per heavy atom. The number of benzene rings is 2. The lowest BCUT2D eigenvalue weighted by Gasteiger charge is -2.26. The van der Waals surface area contributed by atoms with Gasteiger partial charge < -0.3 is 18.9 Å². The van der Waals surface area contributed by atoms with Crippen LogP contribution in [0, 0.1) is 0 Å². The summed E-state index contributed by atoms with van der Waals surface area (Å²) in [6.45, 7) is 5.30. The summed E-state index contributed by atoms with van der Waals surface area (Å²) in [4.78, 5) is 19.9. The molecule has 0 saturated carbocycles. The number of hydrogen-bond donors (Lipinski definition) is 0. The molecule has 1 saturated heterocycles. The van der Waals surface area contributed by atoms with Crippen molar-refractivity contribution < 1.29 is 14.3 Å². The van der Waals surface area contributed by atoms with Gasteiger partial charge in [0.05, 0.1) is 37.6 Å². The Bertz CT molecular complexity index is 1070. The number of fused-ring (bicyclic) bond motifs is 1. The number of rotatable bonds is 7. The minimum absolute atomic E-state index is 0.0215. The molecular formula is C24H27N3O3. The number of allylic oxidation sites excluding steroid dienone is 1. The number of hydrogen-bond acceptors (Lipinski definition) is 4. The predicted molar refractivity (Wildman–Crippen MR) is 117 cm³/mol. The van der Waals surface area contributed by atoms with Gasteiger partial charge in [0.1, 0.15) is 0 Å². The third kappa shape index (κ3) is 3.65. The van der Waals surface area contributed by atoms with Crippen LogP contribution in [-0.2, 0) is 13.0 Å². The molecule has 1 aliphatic rings. The molecule has 1 fully saturated rings. The largest absolute Gasteiger partial charge is 0.493 e. The van der Waals surface area contributed by atoms with Gasteiger partial charge in [0.2, 0.25) is 0 Å². The van der Waals surface area contributed by atoms with Gasteiger partial charge in [-0.1, -0.05) is 18.2 Å². The molecule has 0 bridgehead atoms. The standard InChI is InChI=1S/C24H27N3O3/c1-4-8-17-13-18(14-22(29-2)23(17)30-3)24(28)27-12-7-9-19(27)15-26-16-25-20-10-5-6-11-21(20)26/h4-6,10-11,13-14,16,19H,1,7-9,12,15H2,2-3H3. The van der Waals surface area contributed by atoms with Crippen molar-refractivity contribution >= 4 is 16.9 Å². The number of methoxy groups -OCH3 is 2. The van der Waals surface area contributed by atoms with Gasteiger partial charge in [-0.25, -0.2) is 4.98 Å². The van der Waals surface area contributed by atoms with Gasteiger partial charge in [0.25, 0.3) is 5.91 Å². The molecule has 3 aromatic rings. The molecule has 6 heteroatoms. The number of likely N-dealkylation sites (tertiary alicyclic amines) is 1. The molecular weight excluding hydrogens is 378 g/mol. The molecule has 2 aromatic carbocycles. The van der Waals surface area contributed by atoms with Crippen molar-refractivity contribution in [2.75, 3.05) is 20.8 Å². The number of amides is 1. The van der Waals surface area contributed by atoms with Crippen molar-refractivity contribution in [1.29, 1.82) is 0 Å². The fourth-order valence-corrected chi connectivity index (χ4v) is 4.32. The number of nitrogens with zero attached hydrogens (tertiary/aromatic N) is 3. The lowest BCUT2D eigenvalue weighted by atomic mass is 10.0. The Morgan fingerprint density at radius 1 is 1.27 bits per heavy atom. The highest BCUT2D eigenvalue weighted by atomic mass is 16.5. The lowest BCUT2D eigenvalue weighted by Crippen LogP contribution is -2.38. The topological polar surface area (TPSA) is 56.6 Å². The Hall–Kier alpha value is -3.28. The van der Waals surface area contributed by atoms with Crippen molar-refractivity contribution in [1.82, 2.24) is 14.5 Å². The van der Waals surface area contributed by atoms with E-state index in [0.29, 0.717) is 23.5 Å². The van der Waals surface area contributed by atoms with Crippen LogP contribution in [0.15, 0.2) is 55.4 Å². The first-order valence-electron chi connectivity index (χ1n) is 10.2. The van der Waals surface area contributed by atoms with Crippen LogP contribution >= 0.6 is 0 Å². The summed E-state index contributed by atoms with van der Waals surface area (Å²) < 4.78 is 13.1. The van der Waals surface area contributed by atoms with Gasteiger partial charge in [-0.05, 0) is 43.5 Å². The Morgan fingerprint density at radius 2 is 2.10 bits per heavy atom. The normalized spacial score (nSPS) is 16.1. The van der Waals surface area contributed by atoms with Gasteiger partial charge in [-0.15, -0.1) is 6.58 Å². The van der Waals surface area contributed by atoms with Crippen LogP contribution in [0.5, 0.6) is 11.5 Å². The Labute approximate surface area is 176 Å². The third-order valence-corrected chi connectivity index (χ3v) is 5.74. The summed E-state index contributed by atoms with van der Waals surface area (Å²) in [6, 6.07) is 11.9. The molecule has 0 N–H and O–H groups in total. The van der Waals surface area contributed by atoms with E-state index in [0.717, 1.165) is 42.5 Å². The highest BCUT2D eigenvalue weighted by Crippen LogP contribution is 2.34. The van der Waals surface area contributed by atoms with Crippen LogP contribution in [0.2, 0.25) is 0 Å². The highest BCUT2D eigenvalue weighted by Gasteiger charge is 2.31. The maximum atomic E-state index is 13.5. The van der Waals surface area contributed by atoms with Crippen molar-refractivity contribution in [3.05, 3.63) is 66.5 Å². The summed E-state index contributed by atoms with van der Waals surface area (Å²) in [7, 11) is 3.20. The first-order chi connectivity index (χ1) is 14.7. The van der Waals surface area contributed by atoms with Crippen LogP contribution in [0.1, 0.15) is 28.8 Å². The van der Waals surface area contributed by atoms with Gasteiger partial charge >= 0.3 is 0 Å². The van der Waals surface area contributed by atoms with E-state index in [1.165, 1.54) is 0 Å². The molecule has 156 valence electrons. The zero-order chi connectivity index (χ0) is 21.1. The van der Waals surface area contributed by atoms with Crippen molar-refractivity contribution in [2.45, 2.75) is 31.8 Å². The first kappa shape index (κ1) is 20.0. The summed E-state index contributed by atoms with van der Waals surface area (Å²) in [5.74, 6) is 1.24. The van der Waals surface area contributed by atoms with Gasteiger partial charge in [0.15, 0.2) is 11.5 Å². The van der Waals surface area contributed by atoms with Crippen molar-refractivity contribution in [3.63, 3.8) is 0 Å². The average molecular weight is 405 g/mol. The number of imidazole rings is 1. The van der Waals surface area contributed by atoms with E-state index in [-0.39, 0.29) is 11.9 Å². The van der Waals surface area contributed by atoms with Crippen molar-refractivity contribution in [3.8, 4) is 11.5 Å². The van der Waals surface area contributed by atoms with Crippen molar-refractivity contribution in [2.24, 2.45) is 0 Å². The number of ether oxygens (including phenoxy) is 2. The summed E-state index contributed by atoms with van der Waals surface area (Å²) in [6.07, 6.45) is 6.24. The molecule has 30 heavy (non-hydrogen) atoms. The van der Waals surface area contributed by atoms with Gasteiger partial charge in [-0.2, -0.15) is 0 Å². The van der Waals surface area contributed by atoms with Crippen LogP contribution < -0.4 is 9.47 Å². The molecule has 6 nitrogen and oxygen atoms in total. The van der Waals surface area contributed by atoms with E-state index in [4.69, 9.17) is 9.47 Å². The molecule has 0 spiro atoms. The zero-order valence-electron chi connectivity index (χ0n) is 17.5. The SMILES string of the molecule is C=CCc1cc(C(=O)N2CCCC2Cn2cnc3ccccc32)cc(OC)c1OC. The van der Waals surface area contributed by atoms with Crippen LogP contribution in [0.4, 0.5) is 0 Å². The lowest BCUT2D eigenvalue weighted by molar-refractivity contribution is 0.0724. The van der Waals surface area contributed by atoms with E-state index in [2.05, 4.69) is 22.2 Å². The van der Waals surface area contributed by atoms with Crippen LogP contribution in [-0.4, -0.2) is 47.2 Å². The van der Waals surface area contributed by atoms with Crippen LogP contribution in [0.3, 0.4) is 0 Å². The second-order valence-electron chi connectivity index (χ2n) is 7.54. The molecule has 0 radical (unpaired) electrons. The second-order valence-corrected chi connectivity index (χ2v) is 7.54. The highest BCUT2D eigenvalue weighted by molar-refractivity contribution is 5.95. The number of carbonyl (C=O) groups is 1. The molecule has 1 unspecified atom stereocenters. The van der Waals surface area contributed by atoms with E-state index in [1.54, 1.807) is 26.4 Å². The fourth-order valence-electron chi connectivity index (χ4n) is 4.32. The smallest absolute Gasteiger partial charge is 0.254 e. The molecule has 1 aromatic heterocycles. The summed E-state index contributed by atoms with van der Waals surface area (Å²) >= 11 is 0. The minimum Gasteiger partial charge on any atom is -0.493 e. The van der Waals surface area contributed by atoms with E-state index >= 15 is 0 Å². The summed E-state index contributed by atoms with van der Waals surface area (Å²) in [5.41, 5.74) is 3.58. The molecule has 2 heterocycles. The molecule has 1 atom stereocenters. The number of aromatic nitrogens is 2. The summed E-state index contributed by atoms with van der Waals surface area (Å²) in [5, 5.41) is 0. The van der Waals surface area contributed by atoms with Gasteiger partial charge in [0, 0.05) is 24.2 Å². The molecule has 1 amide bonds. The van der Waals surface area contributed by atoms with Gasteiger partial charge in [-0.3, -0.25) is 4.79 Å². The fraction of sp³-hybridized carbons (Fsp3) is 0.333. The van der Waals surface area contributed by atoms with Crippen LogP contribution in [0.25, 0.3) is 11.0 Å². The number of para-hydroxylation sites is 2. The van der Waals surface area contributed by atoms with E-state index < -0.39 is 0 Å². The molecule has 0 aliphatic carbocycles. The first-order valence-corrected chi connectivity index (χ1v) is 10.2. The maximum Gasteiger partial charge on any atom is 0.254 e. The van der Waals surface area contributed by atoms with E-state index in [9.17, 15) is 4.79 Å². The minimum atomic E-state index is 0.0215. The third-order valence-electron chi connectivity index (χ3n) is 5.74. The Kier molecular flexibility index (Phi) is 5.74. The van der Waals surface area contributed by atoms with E-state index in [1.807, 2.05) is 35.5 Å². The quantitative estimate of drug-likeness (QED) is 0.556. The Balaban J connectivity index is 1.62. The maximum absolute atomic E-state index is 13.5. The molecule has 1 aliphatic heterocycles. The predicted octanol–water partition coefficient (Wildman–Crippen LogP) is 4.09. The zero-order valence-corrected chi connectivity index (χ0v) is 17.5. The second kappa shape index (κ2) is 8.61. The average Bonchev–Trinajstić information content (AvgIpc) is 3.40. The monoisotopic (exact) mass is 405 g/mol. The molecule has 4 rings (SSSR count).